The summed E-state index contributed by atoms with van der Waals surface area (Å²) in [5.41, 5.74) is 0.919. The van der Waals surface area contributed by atoms with Gasteiger partial charge in [0.2, 0.25) is 5.89 Å². The van der Waals surface area contributed by atoms with Crippen molar-refractivity contribution in [1.29, 1.82) is 0 Å². The molecule has 0 N–H and O–H groups in total. The van der Waals surface area contributed by atoms with E-state index in [9.17, 15) is 4.79 Å². The first-order valence-electron chi connectivity index (χ1n) is 8.85. The van der Waals surface area contributed by atoms with Crippen LogP contribution >= 0.6 is 0 Å². The molecule has 0 saturated carbocycles. The summed E-state index contributed by atoms with van der Waals surface area (Å²) in [6.45, 7) is 6.67. The summed E-state index contributed by atoms with van der Waals surface area (Å²) in [5.74, 6) is 1.83. The molecule has 0 bridgehead atoms. The molecule has 6 nitrogen and oxygen atoms in total. The molecule has 4 rings (SSSR count). The van der Waals surface area contributed by atoms with E-state index in [4.69, 9.17) is 4.52 Å². The van der Waals surface area contributed by atoms with Crippen molar-refractivity contribution in [3.8, 4) is 0 Å². The van der Waals surface area contributed by atoms with Gasteiger partial charge in [-0.2, -0.15) is 4.98 Å². The molecular weight excluding hydrogens is 316 g/mol. The van der Waals surface area contributed by atoms with Gasteiger partial charge in [0.15, 0.2) is 5.82 Å². The van der Waals surface area contributed by atoms with Crippen LogP contribution in [0.4, 0.5) is 0 Å². The average Bonchev–Trinajstić information content (AvgIpc) is 3.18. The van der Waals surface area contributed by atoms with Gasteiger partial charge in [-0.1, -0.05) is 37.2 Å². The number of rotatable bonds is 3. The van der Waals surface area contributed by atoms with Crippen molar-refractivity contribution in [3.05, 3.63) is 47.6 Å². The Morgan fingerprint density at radius 1 is 1.24 bits per heavy atom. The van der Waals surface area contributed by atoms with Crippen LogP contribution in [0.5, 0.6) is 0 Å². The molecule has 132 valence electrons. The van der Waals surface area contributed by atoms with E-state index < -0.39 is 0 Å². The van der Waals surface area contributed by atoms with E-state index in [0.29, 0.717) is 5.89 Å². The molecule has 2 fully saturated rings. The number of hydrogen-bond acceptors (Lipinski definition) is 5. The van der Waals surface area contributed by atoms with E-state index in [1.165, 1.54) is 0 Å². The Balaban J connectivity index is 1.43. The Hall–Kier alpha value is -2.21. The van der Waals surface area contributed by atoms with Crippen LogP contribution in [0.3, 0.4) is 0 Å². The molecule has 1 spiro atoms. The van der Waals surface area contributed by atoms with Gasteiger partial charge < -0.3 is 9.42 Å². The fourth-order valence-corrected chi connectivity index (χ4v) is 4.07. The van der Waals surface area contributed by atoms with E-state index in [0.717, 1.165) is 37.4 Å². The Morgan fingerprint density at radius 2 is 1.96 bits per heavy atom. The summed E-state index contributed by atoms with van der Waals surface area (Å²) in [6.07, 6.45) is 0.971. The lowest BCUT2D eigenvalue weighted by atomic mass is 9.77. The molecule has 2 aliphatic rings. The van der Waals surface area contributed by atoms with Gasteiger partial charge in [-0.25, -0.2) is 0 Å². The van der Waals surface area contributed by atoms with Crippen molar-refractivity contribution in [2.24, 2.45) is 5.41 Å². The first-order chi connectivity index (χ1) is 12.0. The lowest BCUT2D eigenvalue weighted by molar-refractivity contribution is 0.0115. The van der Waals surface area contributed by atoms with Crippen molar-refractivity contribution in [3.63, 3.8) is 0 Å². The number of likely N-dealkylation sites (tertiary alicyclic amines) is 2. The lowest BCUT2D eigenvalue weighted by Crippen LogP contribution is -2.59. The lowest BCUT2D eigenvalue weighted by Gasteiger charge is -2.48. The number of nitrogens with zero attached hydrogens (tertiary/aromatic N) is 4. The summed E-state index contributed by atoms with van der Waals surface area (Å²) in [6, 6.07) is 9.68. The summed E-state index contributed by atoms with van der Waals surface area (Å²) >= 11 is 0. The third-order valence-electron chi connectivity index (χ3n) is 5.35. The smallest absolute Gasteiger partial charge is 0.253 e. The molecule has 3 heterocycles. The number of amides is 1. The van der Waals surface area contributed by atoms with Crippen LogP contribution in [-0.4, -0.2) is 52.5 Å². The largest absolute Gasteiger partial charge is 0.339 e. The maximum Gasteiger partial charge on any atom is 0.253 e. The first kappa shape index (κ1) is 16.3. The van der Waals surface area contributed by atoms with Gasteiger partial charge in [-0.05, 0) is 25.6 Å². The van der Waals surface area contributed by atoms with Crippen LogP contribution in [0.2, 0.25) is 0 Å². The minimum Gasteiger partial charge on any atom is -0.339 e. The van der Waals surface area contributed by atoms with E-state index >= 15 is 0 Å². The number of hydrogen-bond donors (Lipinski definition) is 0. The van der Waals surface area contributed by atoms with Gasteiger partial charge in [-0.15, -0.1) is 0 Å². The molecule has 2 saturated heterocycles. The third-order valence-corrected chi connectivity index (χ3v) is 5.35. The zero-order valence-electron chi connectivity index (χ0n) is 15.0. The second-order valence-electron chi connectivity index (χ2n) is 7.81. The second-order valence-corrected chi connectivity index (χ2v) is 7.81. The highest BCUT2D eigenvalue weighted by molar-refractivity contribution is 5.94. The summed E-state index contributed by atoms with van der Waals surface area (Å²) in [7, 11) is 2.10. The van der Waals surface area contributed by atoms with Gasteiger partial charge in [-0.3, -0.25) is 9.69 Å². The summed E-state index contributed by atoms with van der Waals surface area (Å²) in [4.78, 5) is 21.4. The molecule has 1 amide bonds. The van der Waals surface area contributed by atoms with Crippen molar-refractivity contribution >= 4 is 5.91 Å². The highest BCUT2D eigenvalue weighted by atomic mass is 16.5. The number of carbonyl (C=O) groups excluding carboxylic acids is 1. The second kappa shape index (κ2) is 5.95. The highest BCUT2D eigenvalue weighted by Gasteiger charge is 2.53. The van der Waals surface area contributed by atoms with E-state index in [1.54, 1.807) is 0 Å². The maximum atomic E-state index is 12.6. The molecule has 6 heteroatoms. The molecule has 2 aromatic rings. The number of aromatic nitrogens is 2. The minimum atomic E-state index is 0.124. The van der Waals surface area contributed by atoms with Crippen LogP contribution in [0.1, 0.15) is 54.3 Å². The summed E-state index contributed by atoms with van der Waals surface area (Å²) in [5, 5.41) is 4.19. The SMILES string of the molecule is CC(C)c1nc(C2CC3(CN(C(=O)c4ccccc4)C3)CN2C)no1. The average molecular weight is 340 g/mol. The molecule has 0 radical (unpaired) electrons. The first-order valence-corrected chi connectivity index (χ1v) is 8.85. The number of carbonyl (C=O) groups is 1. The zero-order chi connectivity index (χ0) is 17.6. The van der Waals surface area contributed by atoms with Crippen LogP contribution < -0.4 is 0 Å². The molecule has 1 aromatic heterocycles. The van der Waals surface area contributed by atoms with Crippen LogP contribution in [0.15, 0.2) is 34.9 Å². The topological polar surface area (TPSA) is 62.5 Å². The van der Waals surface area contributed by atoms with Gasteiger partial charge in [0, 0.05) is 36.5 Å². The van der Waals surface area contributed by atoms with Crippen molar-refractivity contribution in [1.82, 2.24) is 19.9 Å². The number of benzene rings is 1. The van der Waals surface area contributed by atoms with Crippen molar-refractivity contribution in [2.45, 2.75) is 32.2 Å². The van der Waals surface area contributed by atoms with Gasteiger partial charge in [0.1, 0.15) is 0 Å². The fraction of sp³-hybridized carbons (Fsp3) is 0.526. The highest BCUT2D eigenvalue weighted by Crippen LogP contribution is 2.47. The predicted octanol–water partition coefficient (Wildman–Crippen LogP) is 2.71. The van der Waals surface area contributed by atoms with E-state index in [-0.39, 0.29) is 23.3 Å². The van der Waals surface area contributed by atoms with Gasteiger partial charge >= 0.3 is 0 Å². The minimum absolute atomic E-state index is 0.124. The Morgan fingerprint density at radius 3 is 2.60 bits per heavy atom. The fourth-order valence-electron chi connectivity index (χ4n) is 4.07. The van der Waals surface area contributed by atoms with Crippen LogP contribution in [0.25, 0.3) is 0 Å². The Bertz CT molecular complexity index is 765. The Kier molecular flexibility index (Phi) is 3.87. The van der Waals surface area contributed by atoms with Gasteiger partial charge in [0.25, 0.3) is 5.91 Å². The third kappa shape index (κ3) is 2.84. The Labute approximate surface area is 147 Å². The molecule has 2 aliphatic heterocycles. The van der Waals surface area contributed by atoms with Crippen LogP contribution in [0, 0.1) is 5.41 Å². The monoisotopic (exact) mass is 340 g/mol. The van der Waals surface area contributed by atoms with Crippen LogP contribution in [-0.2, 0) is 0 Å². The van der Waals surface area contributed by atoms with Crippen molar-refractivity contribution < 1.29 is 9.32 Å². The molecule has 1 aromatic carbocycles. The molecule has 1 unspecified atom stereocenters. The summed E-state index contributed by atoms with van der Waals surface area (Å²) < 4.78 is 5.37. The quantitative estimate of drug-likeness (QED) is 0.860. The standard InChI is InChI=1S/C19H24N4O2/c1-13(2)17-20-16(21-25-17)15-9-19(10-22(15)3)11-23(12-19)18(24)14-7-5-4-6-8-14/h4-8,13,15H,9-12H2,1-3H3. The molecule has 0 aliphatic carbocycles. The van der Waals surface area contributed by atoms with E-state index in [1.807, 2.05) is 35.2 Å². The zero-order valence-corrected chi connectivity index (χ0v) is 15.0. The van der Waals surface area contributed by atoms with E-state index in [2.05, 4.69) is 35.9 Å². The van der Waals surface area contributed by atoms with Crippen molar-refractivity contribution in [2.75, 3.05) is 26.7 Å². The molecular formula is C19H24N4O2. The molecule has 1 atom stereocenters. The van der Waals surface area contributed by atoms with Gasteiger partial charge in [0.05, 0.1) is 6.04 Å². The predicted molar refractivity (Wildman–Crippen MR) is 93.2 cm³/mol. The normalized spacial score (nSPS) is 22.6. The molecule has 25 heavy (non-hydrogen) atoms. The maximum absolute atomic E-state index is 12.6.